The van der Waals surface area contributed by atoms with Gasteiger partial charge in [-0.25, -0.2) is 0 Å². The fraction of sp³-hybridized carbons (Fsp3) is 0.579. The fourth-order valence-corrected chi connectivity index (χ4v) is 2.63. The van der Waals surface area contributed by atoms with Crippen molar-refractivity contribution in [1.29, 1.82) is 0 Å². The number of hydrogen-bond donors (Lipinski definition) is 1. The lowest BCUT2D eigenvalue weighted by atomic mass is 9.86. The first-order valence-electron chi connectivity index (χ1n) is 8.47. The van der Waals surface area contributed by atoms with Crippen LogP contribution in [-0.2, 0) is 26.2 Å². The summed E-state index contributed by atoms with van der Waals surface area (Å²) in [6.45, 7) is 7.62. The lowest BCUT2D eigenvalue weighted by Crippen LogP contribution is -2.48. The second kappa shape index (κ2) is 7.79. The van der Waals surface area contributed by atoms with Gasteiger partial charge in [0.1, 0.15) is 6.61 Å². The van der Waals surface area contributed by atoms with E-state index in [2.05, 4.69) is 50.4 Å². The van der Waals surface area contributed by atoms with E-state index in [9.17, 15) is 9.59 Å². The maximum absolute atomic E-state index is 12.0. The van der Waals surface area contributed by atoms with Gasteiger partial charge >= 0.3 is 0 Å². The standard InChI is InChI=1S/C19H28N2O3/c1-19(2,3)15-8-5-14(6-9-15)7-10-17(22)20-11-16-12-21(4)18(23)13-24-16/h5-6,8-9,16H,7,10-13H2,1-4H3,(H,20,22). The monoisotopic (exact) mass is 332 g/mol. The summed E-state index contributed by atoms with van der Waals surface area (Å²) < 4.78 is 5.41. The number of aryl methyl sites for hydroxylation is 1. The molecule has 1 aromatic carbocycles. The maximum atomic E-state index is 12.0. The SMILES string of the molecule is CN1CC(CNC(=O)CCc2ccc(C(C)(C)C)cc2)OCC1=O. The molecule has 2 amide bonds. The average molecular weight is 332 g/mol. The molecule has 1 atom stereocenters. The molecule has 1 saturated heterocycles. The van der Waals surface area contributed by atoms with Gasteiger partial charge in [-0.15, -0.1) is 0 Å². The Morgan fingerprint density at radius 3 is 2.54 bits per heavy atom. The Bertz CT molecular complexity index is 575. The summed E-state index contributed by atoms with van der Waals surface area (Å²) in [6, 6.07) is 8.46. The molecule has 1 fully saturated rings. The van der Waals surface area contributed by atoms with Crippen molar-refractivity contribution in [2.24, 2.45) is 0 Å². The molecule has 0 aliphatic carbocycles. The lowest BCUT2D eigenvalue weighted by molar-refractivity contribution is -0.146. The molecule has 0 saturated carbocycles. The number of nitrogens with one attached hydrogen (secondary N) is 1. The van der Waals surface area contributed by atoms with Crippen LogP contribution in [0.2, 0.25) is 0 Å². The van der Waals surface area contributed by atoms with Crippen molar-refractivity contribution < 1.29 is 14.3 Å². The zero-order valence-corrected chi connectivity index (χ0v) is 15.1. The molecule has 0 spiro atoms. The van der Waals surface area contributed by atoms with Crippen molar-refractivity contribution in [3.63, 3.8) is 0 Å². The van der Waals surface area contributed by atoms with Gasteiger partial charge in [-0.2, -0.15) is 0 Å². The Balaban J connectivity index is 1.72. The lowest BCUT2D eigenvalue weighted by Gasteiger charge is -2.29. The number of likely N-dealkylation sites (N-methyl/N-ethyl adjacent to an activating group) is 1. The summed E-state index contributed by atoms with van der Waals surface area (Å²) >= 11 is 0. The van der Waals surface area contributed by atoms with Gasteiger partial charge in [0.2, 0.25) is 11.8 Å². The van der Waals surface area contributed by atoms with E-state index in [0.29, 0.717) is 19.5 Å². The number of amides is 2. The van der Waals surface area contributed by atoms with Crippen LogP contribution in [0, 0.1) is 0 Å². The van der Waals surface area contributed by atoms with Gasteiger partial charge in [-0.3, -0.25) is 9.59 Å². The van der Waals surface area contributed by atoms with Crippen molar-refractivity contribution in [1.82, 2.24) is 10.2 Å². The summed E-state index contributed by atoms with van der Waals surface area (Å²) in [5.41, 5.74) is 2.60. The number of ether oxygens (including phenoxy) is 1. The van der Waals surface area contributed by atoms with Crippen LogP contribution in [-0.4, -0.2) is 49.6 Å². The van der Waals surface area contributed by atoms with Crippen molar-refractivity contribution in [3.05, 3.63) is 35.4 Å². The van der Waals surface area contributed by atoms with Crippen LogP contribution in [0.1, 0.15) is 38.3 Å². The molecule has 1 unspecified atom stereocenters. The zero-order valence-electron chi connectivity index (χ0n) is 15.1. The smallest absolute Gasteiger partial charge is 0.248 e. The highest BCUT2D eigenvalue weighted by Crippen LogP contribution is 2.22. The highest BCUT2D eigenvalue weighted by atomic mass is 16.5. The predicted octanol–water partition coefficient (Wildman–Crippen LogP) is 1.89. The van der Waals surface area contributed by atoms with Crippen LogP contribution >= 0.6 is 0 Å². The number of nitrogens with zero attached hydrogens (tertiary/aromatic N) is 1. The van der Waals surface area contributed by atoms with Crippen LogP contribution in [0.3, 0.4) is 0 Å². The summed E-state index contributed by atoms with van der Waals surface area (Å²) in [5, 5.41) is 2.89. The van der Waals surface area contributed by atoms with E-state index in [0.717, 1.165) is 12.0 Å². The van der Waals surface area contributed by atoms with Gasteiger partial charge in [-0.05, 0) is 23.0 Å². The minimum absolute atomic E-state index is 0.0121. The number of carbonyl (C=O) groups is 2. The molecule has 5 heteroatoms. The van der Waals surface area contributed by atoms with E-state index >= 15 is 0 Å². The van der Waals surface area contributed by atoms with Crippen molar-refractivity contribution in [2.75, 3.05) is 26.7 Å². The maximum Gasteiger partial charge on any atom is 0.248 e. The second-order valence-corrected chi connectivity index (χ2v) is 7.46. The molecule has 5 nitrogen and oxygen atoms in total. The van der Waals surface area contributed by atoms with Crippen LogP contribution < -0.4 is 5.32 Å². The molecule has 1 aliphatic heterocycles. The number of rotatable bonds is 5. The largest absolute Gasteiger partial charge is 0.365 e. The van der Waals surface area contributed by atoms with Gasteiger partial charge in [0.05, 0.1) is 6.10 Å². The predicted molar refractivity (Wildman–Crippen MR) is 93.8 cm³/mol. The van der Waals surface area contributed by atoms with Crippen LogP contribution in [0.5, 0.6) is 0 Å². The van der Waals surface area contributed by atoms with Crippen molar-refractivity contribution in [2.45, 2.75) is 45.1 Å². The fourth-order valence-electron chi connectivity index (χ4n) is 2.63. The second-order valence-electron chi connectivity index (χ2n) is 7.46. The third-order valence-electron chi connectivity index (χ3n) is 4.33. The van der Waals surface area contributed by atoms with Gasteiger partial charge in [-0.1, -0.05) is 45.0 Å². The van der Waals surface area contributed by atoms with Crippen LogP contribution in [0.4, 0.5) is 0 Å². The molecule has 2 rings (SSSR count). The minimum atomic E-state index is -0.122. The van der Waals surface area contributed by atoms with Gasteiger partial charge in [0.15, 0.2) is 0 Å². The topological polar surface area (TPSA) is 58.6 Å². The summed E-state index contributed by atoms with van der Waals surface area (Å²) in [4.78, 5) is 25.0. The number of hydrogen-bond acceptors (Lipinski definition) is 3. The Morgan fingerprint density at radius 2 is 1.96 bits per heavy atom. The quantitative estimate of drug-likeness (QED) is 0.896. The van der Waals surface area contributed by atoms with Crippen molar-refractivity contribution in [3.8, 4) is 0 Å². The van der Waals surface area contributed by atoms with Gasteiger partial charge in [0, 0.05) is 26.6 Å². The highest BCUT2D eigenvalue weighted by molar-refractivity contribution is 5.78. The van der Waals surface area contributed by atoms with Crippen LogP contribution in [0.15, 0.2) is 24.3 Å². The van der Waals surface area contributed by atoms with Gasteiger partial charge in [0.25, 0.3) is 0 Å². The van der Waals surface area contributed by atoms with E-state index in [4.69, 9.17) is 4.74 Å². The Labute approximate surface area is 144 Å². The van der Waals surface area contributed by atoms with Crippen molar-refractivity contribution >= 4 is 11.8 Å². The van der Waals surface area contributed by atoms with Crippen LogP contribution in [0.25, 0.3) is 0 Å². The first kappa shape index (κ1) is 18.5. The molecular weight excluding hydrogens is 304 g/mol. The van der Waals surface area contributed by atoms with E-state index in [1.165, 1.54) is 5.56 Å². The third kappa shape index (κ3) is 5.34. The first-order valence-corrected chi connectivity index (χ1v) is 8.47. The number of carbonyl (C=O) groups excluding carboxylic acids is 2. The summed E-state index contributed by atoms with van der Waals surface area (Å²) in [6.07, 6.45) is 1.05. The first-order chi connectivity index (χ1) is 11.3. The Morgan fingerprint density at radius 1 is 1.29 bits per heavy atom. The molecule has 1 heterocycles. The third-order valence-corrected chi connectivity index (χ3v) is 4.33. The average Bonchev–Trinajstić information content (AvgIpc) is 2.53. The number of morpholine rings is 1. The summed E-state index contributed by atoms with van der Waals surface area (Å²) in [5.74, 6) is -0.00525. The minimum Gasteiger partial charge on any atom is -0.365 e. The Hall–Kier alpha value is -1.88. The van der Waals surface area contributed by atoms with E-state index < -0.39 is 0 Å². The van der Waals surface area contributed by atoms with E-state index in [-0.39, 0.29) is 29.9 Å². The molecule has 0 aromatic heterocycles. The molecule has 1 aromatic rings. The molecule has 0 bridgehead atoms. The highest BCUT2D eigenvalue weighted by Gasteiger charge is 2.23. The molecule has 1 aliphatic rings. The molecule has 1 N–H and O–H groups in total. The van der Waals surface area contributed by atoms with E-state index in [1.54, 1.807) is 11.9 Å². The van der Waals surface area contributed by atoms with Gasteiger partial charge < -0.3 is 15.0 Å². The van der Waals surface area contributed by atoms with E-state index in [1.807, 2.05) is 0 Å². The zero-order chi connectivity index (χ0) is 17.7. The Kier molecular flexibility index (Phi) is 5.99. The molecule has 0 radical (unpaired) electrons. The molecule has 132 valence electrons. The normalized spacial score (nSPS) is 18.6. The molecule has 24 heavy (non-hydrogen) atoms. The molecular formula is C19H28N2O3. The summed E-state index contributed by atoms with van der Waals surface area (Å²) in [7, 11) is 1.75. The number of benzene rings is 1.